The summed E-state index contributed by atoms with van der Waals surface area (Å²) in [7, 11) is -3.96. The van der Waals surface area contributed by atoms with E-state index < -0.39 is 52.2 Å². The number of para-hydroxylation sites is 2. The molecule has 0 saturated carbocycles. The van der Waals surface area contributed by atoms with Crippen molar-refractivity contribution in [3.05, 3.63) is 90.0 Å². The predicted octanol–water partition coefficient (Wildman–Crippen LogP) is 4.45. The van der Waals surface area contributed by atoms with E-state index in [1.807, 2.05) is 0 Å². The zero-order valence-corrected chi connectivity index (χ0v) is 20.2. The van der Waals surface area contributed by atoms with Gasteiger partial charge in [0.25, 0.3) is 0 Å². The molecule has 9 nitrogen and oxygen atoms in total. The number of anilines is 2. The van der Waals surface area contributed by atoms with Crippen molar-refractivity contribution in [1.29, 1.82) is 0 Å². The van der Waals surface area contributed by atoms with Crippen LogP contribution in [0.25, 0.3) is 0 Å². The fourth-order valence-electron chi connectivity index (χ4n) is 3.88. The molecule has 0 bridgehead atoms. The summed E-state index contributed by atoms with van der Waals surface area (Å²) in [4.78, 5) is 38.3. The Kier molecular flexibility index (Phi) is 7.07. The molecule has 0 radical (unpaired) electrons. The molecule has 0 spiro atoms. The van der Waals surface area contributed by atoms with E-state index in [4.69, 9.17) is 9.47 Å². The maximum atomic E-state index is 13.6. The Morgan fingerprint density at radius 3 is 1.83 bits per heavy atom. The number of nitrogens with one attached hydrogen (secondary N) is 2. The third kappa shape index (κ3) is 5.55. The normalized spacial score (nSPS) is 15.3. The number of ketones is 1. The molecule has 2 N–H and O–H groups in total. The van der Waals surface area contributed by atoms with Crippen LogP contribution in [0, 0.1) is 12.3 Å². The van der Waals surface area contributed by atoms with Gasteiger partial charge < -0.3 is 9.47 Å². The molecule has 0 aliphatic carbocycles. The first-order valence-corrected chi connectivity index (χ1v) is 12.7. The summed E-state index contributed by atoms with van der Waals surface area (Å²) in [5.41, 5.74) is -0.277. The van der Waals surface area contributed by atoms with Gasteiger partial charge in [0, 0.05) is 16.9 Å². The Labute approximate surface area is 208 Å². The molecule has 1 aliphatic heterocycles. The maximum absolute atomic E-state index is 13.6. The zero-order chi connectivity index (χ0) is 25.8. The SMILES string of the molecule is Cc1ccc2c(c1)S(=O)(=O)CC(COC(=O)Nc1ccccc1)(COC(=O)Nc1ccccc1)C2=O. The lowest BCUT2D eigenvalue weighted by atomic mass is 9.82. The minimum absolute atomic E-state index is 0.0361. The van der Waals surface area contributed by atoms with Crippen LogP contribution in [-0.2, 0) is 19.3 Å². The lowest BCUT2D eigenvalue weighted by molar-refractivity contribution is 0.0378. The first kappa shape index (κ1) is 24.9. The first-order valence-electron chi connectivity index (χ1n) is 11.0. The molecule has 4 rings (SSSR count). The predicted molar refractivity (Wildman–Crippen MR) is 133 cm³/mol. The van der Waals surface area contributed by atoms with Crippen molar-refractivity contribution in [3.8, 4) is 0 Å². The van der Waals surface area contributed by atoms with Gasteiger partial charge in [0.2, 0.25) is 0 Å². The Morgan fingerprint density at radius 2 is 1.33 bits per heavy atom. The van der Waals surface area contributed by atoms with Gasteiger partial charge in [0.15, 0.2) is 15.6 Å². The molecule has 10 heteroatoms. The van der Waals surface area contributed by atoms with Gasteiger partial charge in [-0.3, -0.25) is 15.4 Å². The smallest absolute Gasteiger partial charge is 0.411 e. The average Bonchev–Trinajstić information content (AvgIpc) is 2.86. The van der Waals surface area contributed by atoms with E-state index in [1.54, 1.807) is 73.7 Å². The highest BCUT2D eigenvalue weighted by molar-refractivity contribution is 7.91. The molecule has 3 aromatic rings. The van der Waals surface area contributed by atoms with E-state index in [0.717, 1.165) is 0 Å². The summed E-state index contributed by atoms with van der Waals surface area (Å²) in [6, 6.07) is 21.4. The quantitative estimate of drug-likeness (QED) is 0.503. The number of sulfone groups is 1. The number of rotatable bonds is 6. The fourth-order valence-corrected chi connectivity index (χ4v) is 5.92. The van der Waals surface area contributed by atoms with E-state index >= 15 is 0 Å². The molecule has 3 aromatic carbocycles. The van der Waals surface area contributed by atoms with E-state index in [2.05, 4.69) is 10.6 Å². The molecule has 2 amide bonds. The third-order valence-electron chi connectivity index (χ3n) is 5.66. The number of benzene rings is 3. The van der Waals surface area contributed by atoms with Crippen LogP contribution in [0.1, 0.15) is 15.9 Å². The van der Waals surface area contributed by atoms with Crippen molar-refractivity contribution in [2.75, 3.05) is 29.6 Å². The first-order chi connectivity index (χ1) is 17.2. The highest BCUT2D eigenvalue weighted by Crippen LogP contribution is 2.37. The maximum Gasteiger partial charge on any atom is 0.411 e. The fraction of sp³-hybridized carbons (Fsp3) is 0.192. The molecule has 0 atom stereocenters. The number of carbonyl (C=O) groups is 3. The number of fused-ring (bicyclic) bond motifs is 1. The summed E-state index contributed by atoms with van der Waals surface area (Å²) < 4.78 is 37.0. The number of aryl methyl sites for hydroxylation is 1. The number of ether oxygens (including phenoxy) is 2. The molecule has 1 aliphatic rings. The van der Waals surface area contributed by atoms with Gasteiger partial charge in [-0.15, -0.1) is 0 Å². The van der Waals surface area contributed by atoms with E-state index in [0.29, 0.717) is 16.9 Å². The van der Waals surface area contributed by atoms with Gasteiger partial charge in [0.1, 0.15) is 18.6 Å². The molecule has 0 unspecified atom stereocenters. The molecule has 1 heterocycles. The van der Waals surface area contributed by atoms with Crippen LogP contribution in [0.15, 0.2) is 83.8 Å². The van der Waals surface area contributed by atoms with E-state index in [9.17, 15) is 22.8 Å². The number of hydrogen-bond donors (Lipinski definition) is 2. The second kappa shape index (κ2) is 10.2. The second-order valence-corrected chi connectivity index (χ2v) is 10.5. The van der Waals surface area contributed by atoms with Crippen LogP contribution in [0.5, 0.6) is 0 Å². The van der Waals surface area contributed by atoms with Gasteiger partial charge in [-0.25, -0.2) is 18.0 Å². The summed E-state index contributed by atoms with van der Waals surface area (Å²) in [6.45, 7) is 0.488. The lowest BCUT2D eigenvalue weighted by Gasteiger charge is -2.35. The largest absolute Gasteiger partial charge is 0.448 e. The van der Waals surface area contributed by atoms with E-state index in [1.165, 1.54) is 12.1 Å². The standard InChI is InChI=1S/C26H24N2O7S/c1-18-12-13-21-22(14-18)36(32,33)17-26(23(21)29,15-34-24(30)27-19-8-4-2-5-9-19)16-35-25(31)28-20-10-6-3-7-11-20/h2-14H,15-17H2,1H3,(H,27,30)(H,28,31). The lowest BCUT2D eigenvalue weighted by Crippen LogP contribution is -2.50. The Bertz CT molecular complexity index is 1330. The number of Topliss-reactive ketones (excluding diaryl/α,β-unsaturated/α-hetero) is 1. The molecule has 186 valence electrons. The minimum atomic E-state index is -3.96. The van der Waals surface area contributed by atoms with Crippen LogP contribution in [0.2, 0.25) is 0 Å². The van der Waals surface area contributed by atoms with Gasteiger partial charge >= 0.3 is 12.2 Å². The second-order valence-electron chi connectivity index (χ2n) is 8.50. The summed E-state index contributed by atoms with van der Waals surface area (Å²) in [5, 5.41) is 5.03. The molecule has 0 saturated heterocycles. The number of amides is 2. The van der Waals surface area contributed by atoms with Crippen molar-refractivity contribution in [3.63, 3.8) is 0 Å². The minimum Gasteiger partial charge on any atom is -0.448 e. The molecule has 0 aromatic heterocycles. The van der Waals surface area contributed by atoms with Crippen LogP contribution in [0.3, 0.4) is 0 Å². The van der Waals surface area contributed by atoms with E-state index in [-0.39, 0.29) is 10.5 Å². The van der Waals surface area contributed by atoms with Crippen LogP contribution >= 0.6 is 0 Å². The van der Waals surface area contributed by atoms with Gasteiger partial charge in [-0.1, -0.05) is 42.5 Å². The third-order valence-corrected chi connectivity index (χ3v) is 7.60. The van der Waals surface area contributed by atoms with Crippen molar-refractivity contribution < 1.29 is 32.3 Å². The van der Waals surface area contributed by atoms with Crippen molar-refractivity contribution in [2.24, 2.45) is 5.41 Å². The summed E-state index contributed by atoms with van der Waals surface area (Å²) in [5.74, 6) is -1.28. The Morgan fingerprint density at radius 1 is 0.833 bits per heavy atom. The Balaban J connectivity index is 1.58. The Hall–Kier alpha value is -4.18. The number of hydrogen-bond acceptors (Lipinski definition) is 7. The molecule has 0 fully saturated rings. The van der Waals surface area contributed by atoms with Crippen molar-refractivity contribution >= 4 is 39.2 Å². The number of carbonyl (C=O) groups excluding carboxylic acids is 3. The van der Waals surface area contributed by atoms with Crippen molar-refractivity contribution in [2.45, 2.75) is 11.8 Å². The summed E-state index contributed by atoms with van der Waals surface area (Å²) in [6.07, 6.45) is -1.76. The van der Waals surface area contributed by atoms with Crippen LogP contribution in [-0.4, -0.2) is 45.4 Å². The highest BCUT2D eigenvalue weighted by atomic mass is 32.2. The topological polar surface area (TPSA) is 128 Å². The monoisotopic (exact) mass is 508 g/mol. The van der Waals surface area contributed by atoms with Gasteiger partial charge in [-0.2, -0.15) is 0 Å². The van der Waals surface area contributed by atoms with Gasteiger partial charge in [0.05, 0.1) is 10.6 Å². The molecule has 36 heavy (non-hydrogen) atoms. The average molecular weight is 509 g/mol. The van der Waals surface area contributed by atoms with Crippen LogP contribution in [0.4, 0.5) is 21.0 Å². The van der Waals surface area contributed by atoms with Crippen molar-refractivity contribution in [1.82, 2.24) is 0 Å². The molecular formula is C26H24N2O7S. The van der Waals surface area contributed by atoms with Crippen LogP contribution < -0.4 is 10.6 Å². The zero-order valence-electron chi connectivity index (χ0n) is 19.4. The van der Waals surface area contributed by atoms with Gasteiger partial charge in [-0.05, 0) is 48.9 Å². The summed E-state index contributed by atoms with van der Waals surface area (Å²) >= 11 is 0. The molecular weight excluding hydrogens is 484 g/mol. The highest BCUT2D eigenvalue weighted by Gasteiger charge is 2.51.